The Morgan fingerprint density at radius 2 is 1.95 bits per heavy atom. The molecule has 22 heavy (non-hydrogen) atoms. The number of aliphatic hydroxyl groups is 1. The number of rotatable bonds is 5. The van der Waals surface area contributed by atoms with Crippen LogP contribution in [0.2, 0.25) is 0 Å². The SMILES string of the molecule is C[C@H](CO)Oc1ccc(CC2CCCCC23OCCO3)cc1. The summed E-state index contributed by atoms with van der Waals surface area (Å²) in [4.78, 5) is 0. The van der Waals surface area contributed by atoms with E-state index in [1.807, 2.05) is 19.1 Å². The molecule has 0 radical (unpaired) electrons. The fourth-order valence-corrected chi connectivity index (χ4v) is 3.55. The Balaban J connectivity index is 1.64. The maximum Gasteiger partial charge on any atom is 0.171 e. The number of ether oxygens (including phenoxy) is 3. The van der Waals surface area contributed by atoms with Crippen molar-refractivity contribution in [2.75, 3.05) is 19.8 Å². The Morgan fingerprint density at radius 3 is 2.64 bits per heavy atom. The molecule has 1 saturated carbocycles. The van der Waals surface area contributed by atoms with Gasteiger partial charge < -0.3 is 19.3 Å². The van der Waals surface area contributed by atoms with Gasteiger partial charge in [-0.2, -0.15) is 0 Å². The van der Waals surface area contributed by atoms with Crippen LogP contribution in [0.1, 0.15) is 38.2 Å². The molecule has 1 unspecified atom stereocenters. The molecule has 1 saturated heterocycles. The largest absolute Gasteiger partial charge is 0.488 e. The fraction of sp³-hybridized carbons (Fsp3) is 0.667. The van der Waals surface area contributed by atoms with Crippen molar-refractivity contribution in [3.05, 3.63) is 29.8 Å². The lowest BCUT2D eigenvalue weighted by molar-refractivity contribution is -0.212. The van der Waals surface area contributed by atoms with Crippen LogP contribution >= 0.6 is 0 Å². The van der Waals surface area contributed by atoms with Crippen molar-refractivity contribution in [2.45, 2.75) is 50.9 Å². The first-order valence-electron chi connectivity index (χ1n) is 8.36. The van der Waals surface area contributed by atoms with E-state index in [-0.39, 0.29) is 18.5 Å². The summed E-state index contributed by atoms with van der Waals surface area (Å²) in [5.41, 5.74) is 1.29. The second kappa shape index (κ2) is 6.99. The highest BCUT2D eigenvalue weighted by atomic mass is 16.7. The highest BCUT2D eigenvalue weighted by Gasteiger charge is 2.45. The van der Waals surface area contributed by atoms with Gasteiger partial charge in [-0.15, -0.1) is 0 Å². The second-order valence-corrected chi connectivity index (χ2v) is 6.41. The van der Waals surface area contributed by atoms with Crippen LogP contribution in [0.15, 0.2) is 24.3 Å². The van der Waals surface area contributed by atoms with E-state index in [1.165, 1.54) is 24.8 Å². The van der Waals surface area contributed by atoms with E-state index in [4.69, 9.17) is 19.3 Å². The number of aliphatic hydroxyl groups excluding tert-OH is 1. The summed E-state index contributed by atoms with van der Waals surface area (Å²) >= 11 is 0. The Kier molecular flexibility index (Phi) is 5.01. The number of hydrogen-bond acceptors (Lipinski definition) is 4. The van der Waals surface area contributed by atoms with Crippen molar-refractivity contribution in [2.24, 2.45) is 5.92 Å². The molecule has 4 heteroatoms. The third-order valence-electron chi connectivity index (χ3n) is 4.73. The Hall–Kier alpha value is -1.10. The van der Waals surface area contributed by atoms with Crippen LogP contribution in [0.5, 0.6) is 5.75 Å². The molecule has 1 spiro atoms. The van der Waals surface area contributed by atoms with E-state index in [0.29, 0.717) is 5.92 Å². The average molecular weight is 306 g/mol. The minimum absolute atomic E-state index is 0.0288. The summed E-state index contributed by atoms with van der Waals surface area (Å²) in [5, 5.41) is 9.03. The van der Waals surface area contributed by atoms with Crippen LogP contribution < -0.4 is 4.74 Å². The van der Waals surface area contributed by atoms with Gasteiger partial charge in [-0.1, -0.05) is 18.6 Å². The van der Waals surface area contributed by atoms with Gasteiger partial charge in [0.25, 0.3) is 0 Å². The first-order valence-corrected chi connectivity index (χ1v) is 8.36. The Labute approximate surface area is 132 Å². The molecule has 0 bridgehead atoms. The van der Waals surface area contributed by atoms with Gasteiger partial charge in [-0.3, -0.25) is 0 Å². The lowest BCUT2D eigenvalue weighted by atomic mass is 9.79. The van der Waals surface area contributed by atoms with E-state index in [9.17, 15) is 0 Å². The van der Waals surface area contributed by atoms with Gasteiger partial charge in [0.05, 0.1) is 19.8 Å². The maximum absolute atomic E-state index is 9.03. The van der Waals surface area contributed by atoms with Crippen molar-refractivity contribution in [1.29, 1.82) is 0 Å². The summed E-state index contributed by atoms with van der Waals surface area (Å²) < 4.78 is 17.6. The van der Waals surface area contributed by atoms with Crippen LogP contribution in [0.4, 0.5) is 0 Å². The third-order valence-corrected chi connectivity index (χ3v) is 4.73. The molecule has 122 valence electrons. The van der Waals surface area contributed by atoms with E-state index in [1.54, 1.807) is 0 Å². The zero-order valence-electron chi connectivity index (χ0n) is 13.3. The fourth-order valence-electron chi connectivity index (χ4n) is 3.55. The molecule has 0 aromatic heterocycles. The molecule has 1 aromatic rings. The van der Waals surface area contributed by atoms with E-state index >= 15 is 0 Å². The predicted molar refractivity (Wildman–Crippen MR) is 83.9 cm³/mol. The molecule has 4 nitrogen and oxygen atoms in total. The van der Waals surface area contributed by atoms with Crippen molar-refractivity contribution < 1.29 is 19.3 Å². The summed E-state index contributed by atoms with van der Waals surface area (Å²) in [7, 11) is 0. The first-order chi connectivity index (χ1) is 10.7. The molecule has 1 heterocycles. The van der Waals surface area contributed by atoms with Gasteiger partial charge >= 0.3 is 0 Å². The smallest absolute Gasteiger partial charge is 0.171 e. The molecular formula is C18H26O4. The normalized spacial score (nSPS) is 25.3. The molecule has 2 atom stereocenters. The standard InChI is InChI=1S/C18H26O4/c1-14(13-19)22-17-7-5-15(6-8-17)12-16-4-2-3-9-18(16)20-10-11-21-18/h5-8,14,16,19H,2-4,9-13H2,1H3/t14-,16?/m1/s1. The van der Waals surface area contributed by atoms with E-state index in [0.717, 1.165) is 31.8 Å². The topological polar surface area (TPSA) is 47.9 Å². The van der Waals surface area contributed by atoms with Crippen molar-refractivity contribution in [1.82, 2.24) is 0 Å². The maximum atomic E-state index is 9.03. The van der Waals surface area contributed by atoms with Crippen LogP contribution in [0, 0.1) is 5.92 Å². The van der Waals surface area contributed by atoms with Gasteiger partial charge in [0.1, 0.15) is 11.9 Å². The van der Waals surface area contributed by atoms with Crippen LogP contribution in [0.3, 0.4) is 0 Å². The quantitative estimate of drug-likeness (QED) is 0.908. The van der Waals surface area contributed by atoms with Gasteiger partial charge in [0.15, 0.2) is 5.79 Å². The Morgan fingerprint density at radius 1 is 1.23 bits per heavy atom. The molecular weight excluding hydrogens is 280 g/mol. The average Bonchev–Trinajstić information content (AvgIpc) is 3.00. The summed E-state index contributed by atoms with van der Waals surface area (Å²) in [6, 6.07) is 8.17. The zero-order chi connectivity index (χ0) is 15.4. The lowest BCUT2D eigenvalue weighted by Crippen LogP contribution is -2.42. The van der Waals surface area contributed by atoms with Crippen molar-refractivity contribution >= 4 is 0 Å². The predicted octanol–water partition coefficient (Wildman–Crippen LogP) is 2.92. The van der Waals surface area contributed by atoms with Crippen LogP contribution in [0.25, 0.3) is 0 Å². The minimum Gasteiger partial charge on any atom is -0.488 e. The van der Waals surface area contributed by atoms with Gasteiger partial charge in [-0.25, -0.2) is 0 Å². The van der Waals surface area contributed by atoms with Gasteiger partial charge in [-0.05, 0) is 43.9 Å². The molecule has 1 aromatic carbocycles. The highest BCUT2D eigenvalue weighted by molar-refractivity contribution is 5.28. The van der Waals surface area contributed by atoms with E-state index < -0.39 is 0 Å². The molecule has 1 aliphatic carbocycles. The van der Waals surface area contributed by atoms with E-state index in [2.05, 4.69) is 12.1 Å². The molecule has 1 N–H and O–H groups in total. The zero-order valence-corrected chi connectivity index (χ0v) is 13.3. The lowest BCUT2D eigenvalue weighted by Gasteiger charge is -2.39. The number of benzene rings is 1. The first kappa shape index (κ1) is 15.8. The number of hydrogen-bond donors (Lipinski definition) is 1. The van der Waals surface area contributed by atoms with Gasteiger partial charge in [0.2, 0.25) is 0 Å². The van der Waals surface area contributed by atoms with Crippen molar-refractivity contribution in [3.8, 4) is 5.75 Å². The minimum atomic E-state index is -0.335. The second-order valence-electron chi connectivity index (χ2n) is 6.41. The molecule has 2 fully saturated rings. The third kappa shape index (κ3) is 3.45. The highest BCUT2D eigenvalue weighted by Crippen LogP contribution is 2.42. The molecule has 0 amide bonds. The molecule has 3 rings (SSSR count). The summed E-state index contributed by atoms with van der Waals surface area (Å²) in [6.45, 7) is 3.33. The Bertz CT molecular complexity index is 464. The monoisotopic (exact) mass is 306 g/mol. The van der Waals surface area contributed by atoms with Crippen LogP contribution in [-0.2, 0) is 15.9 Å². The van der Waals surface area contributed by atoms with Crippen molar-refractivity contribution in [3.63, 3.8) is 0 Å². The molecule has 2 aliphatic rings. The summed E-state index contributed by atoms with van der Waals surface area (Å²) in [6.07, 6.45) is 5.45. The van der Waals surface area contributed by atoms with Gasteiger partial charge in [0, 0.05) is 12.3 Å². The van der Waals surface area contributed by atoms with Crippen LogP contribution in [-0.4, -0.2) is 36.8 Å². The summed E-state index contributed by atoms with van der Waals surface area (Å²) in [5.74, 6) is 0.905. The molecule has 1 aliphatic heterocycles.